The molecular weight excluding hydrogens is 1080 g/mol. The number of hydroxylamine groups is 2. The SMILES string of the molecule is COC(=O)NC1C(C)OC(OC2CC=C(C)C3C=CC4C(OC5CC(OC6CC(O)C(OC7CC(O)C(C)C(C)O7)C(C)O6)C(O)C(C)O5)C(C)CC(C)C4C3(C)C(O)=C3C(=O)OC4(CC(C)C(C=O)=CC4C=C2C)C3=O)CC1(C)N([O-])O. The Hall–Kier alpha value is -3.98. The molecule has 27 unspecified atom stereocenters. The number of aliphatic hydroxyl groups is 4. The number of rotatable bonds is 11. The van der Waals surface area contributed by atoms with Crippen LogP contribution in [0.1, 0.15) is 128 Å². The Labute approximate surface area is 486 Å². The standard InChI is InChI=1S/C61H89N2O20/c1-27-14-17-43(79-48-25-59(11,63(72)73)54(36(10)78-48)62-58(71)74-13)28(2)19-38-20-37(26-64)31(5)24-61(38)56(69)49(57(70)83-61)55(68)60(12)40(27)16-15-39-50(60)29(3)18-30(4)52(39)81-47-23-44(51(67)34(8)76-47)80-45-22-42(66)53(35(9)77-45)82-46-21-41(65)32(6)33(7)75-46/h14-16,19-20,26,29-36,38-48,50-54,65-68,72H,17-18,21-25H2,1-13H3,(H,62,71)/q-1. The van der Waals surface area contributed by atoms with Gasteiger partial charge in [-0.15, -0.1) is 0 Å². The smallest absolute Gasteiger partial charge is 0.407 e. The molecule has 1 spiro atoms. The molecular formula is C61H89N2O20-. The van der Waals surface area contributed by atoms with Gasteiger partial charge in [0.1, 0.15) is 29.8 Å². The number of allylic oxidation sites excluding steroid dienone is 4. The summed E-state index contributed by atoms with van der Waals surface area (Å²) in [5.74, 6) is -5.38. The third kappa shape index (κ3) is 11.9. The average Bonchev–Trinajstić information content (AvgIpc) is 1.83. The number of carbonyl (C=O) groups is 4. The summed E-state index contributed by atoms with van der Waals surface area (Å²) in [5, 5.41) is 72.6. The number of aliphatic hydroxyl groups excluding tert-OH is 4. The van der Waals surface area contributed by atoms with Crippen LogP contribution < -0.4 is 5.32 Å². The molecule has 0 radical (unpaired) electrons. The number of ketones is 1. The van der Waals surface area contributed by atoms with E-state index in [0.29, 0.717) is 17.6 Å². The van der Waals surface area contributed by atoms with E-state index >= 15 is 4.79 Å². The average molecular weight is 1170 g/mol. The van der Waals surface area contributed by atoms with Gasteiger partial charge in [0.05, 0.1) is 73.6 Å². The quantitative estimate of drug-likeness (QED) is 0.0434. The maximum atomic E-state index is 15.5. The number of hydrogen-bond acceptors (Lipinski definition) is 21. The van der Waals surface area contributed by atoms with Crippen molar-refractivity contribution in [2.45, 2.75) is 238 Å². The molecule has 0 aromatic carbocycles. The summed E-state index contributed by atoms with van der Waals surface area (Å²) < 4.78 is 62.6. The van der Waals surface area contributed by atoms with Crippen LogP contribution in [0.2, 0.25) is 0 Å². The lowest BCUT2D eigenvalue weighted by Crippen LogP contribution is -2.67. The van der Waals surface area contributed by atoms with Gasteiger partial charge in [-0.2, -0.15) is 0 Å². The molecule has 5 saturated heterocycles. The Morgan fingerprint density at radius 1 is 0.771 bits per heavy atom. The van der Waals surface area contributed by atoms with Gasteiger partial charge in [0.15, 0.2) is 30.8 Å². The van der Waals surface area contributed by atoms with Crippen molar-refractivity contribution in [3.05, 3.63) is 63.6 Å². The van der Waals surface area contributed by atoms with Crippen LogP contribution in [0.25, 0.3) is 0 Å². The molecule has 6 fully saturated rings. The lowest BCUT2D eigenvalue weighted by Gasteiger charge is -2.56. The van der Waals surface area contributed by atoms with Crippen LogP contribution in [-0.4, -0.2) is 172 Å². The van der Waals surface area contributed by atoms with Gasteiger partial charge in [0.2, 0.25) is 5.78 Å². The molecule has 9 aliphatic rings. The molecule has 22 nitrogen and oxygen atoms in total. The predicted molar refractivity (Wildman–Crippen MR) is 295 cm³/mol. The predicted octanol–water partition coefficient (Wildman–Crippen LogP) is 6.31. The largest absolute Gasteiger partial charge is 0.762 e. The fourth-order valence-corrected chi connectivity index (χ4v) is 15.5. The van der Waals surface area contributed by atoms with Gasteiger partial charge in [-0.05, 0) is 96.1 Å². The zero-order chi connectivity index (χ0) is 60.5. The number of fused-ring (bicyclic) bond motifs is 4. The first-order valence-corrected chi connectivity index (χ1v) is 29.8. The molecule has 4 aliphatic carbocycles. The molecule has 9 rings (SSSR count). The van der Waals surface area contributed by atoms with Crippen LogP contribution in [0.3, 0.4) is 0 Å². The Balaban J connectivity index is 1.02. The lowest BCUT2D eigenvalue weighted by molar-refractivity contribution is -0.333. The maximum Gasteiger partial charge on any atom is 0.407 e. The first-order valence-electron chi connectivity index (χ1n) is 29.8. The van der Waals surface area contributed by atoms with E-state index in [1.54, 1.807) is 46.8 Å². The highest BCUT2D eigenvalue weighted by Gasteiger charge is 2.64. The zero-order valence-electron chi connectivity index (χ0n) is 50.1. The Kier molecular flexibility index (Phi) is 18.9. The summed E-state index contributed by atoms with van der Waals surface area (Å²) in [6.45, 7) is 21.9. The van der Waals surface area contributed by atoms with Crippen LogP contribution in [0, 0.1) is 58.0 Å². The van der Waals surface area contributed by atoms with Crippen LogP contribution >= 0.6 is 0 Å². The highest BCUT2D eigenvalue weighted by Crippen LogP contribution is 2.61. The topological polar surface area (TPSA) is 300 Å². The van der Waals surface area contributed by atoms with Gasteiger partial charge < -0.3 is 83.5 Å². The number of carbonyl (C=O) groups excluding carboxylic acids is 4. The normalized spacial score (nSPS) is 47.7. The number of alkyl carbamates (subject to hydrolysis) is 1. The number of amides is 1. The number of nitrogens with one attached hydrogen (secondary N) is 1. The van der Waals surface area contributed by atoms with Crippen molar-refractivity contribution in [3.8, 4) is 0 Å². The summed E-state index contributed by atoms with van der Waals surface area (Å²) in [6, 6.07) is -1.03. The Morgan fingerprint density at radius 3 is 2.07 bits per heavy atom. The van der Waals surface area contributed by atoms with Crippen molar-refractivity contribution in [2.24, 2.45) is 52.8 Å². The Bertz CT molecular complexity index is 2560. The number of nitrogens with zero attached hydrogens (tertiary/aromatic N) is 1. The van der Waals surface area contributed by atoms with Crippen molar-refractivity contribution < 1.29 is 92.2 Å². The molecule has 0 aromatic rings. The number of methoxy groups -OCH3 is 1. The molecule has 83 heavy (non-hydrogen) atoms. The van der Waals surface area contributed by atoms with E-state index in [9.17, 15) is 45.2 Å². The van der Waals surface area contributed by atoms with Gasteiger partial charge in [0.25, 0.3) is 0 Å². The second-order valence-corrected chi connectivity index (χ2v) is 26.0. The highest BCUT2D eigenvalue weighted by molar-refractivity contribution is 6.26. The van der Waals surface area contributed by atoms with E-state index < -0.39 is 168 Å². The second-order valence-electron chi connectivity index (χ2n) is 26.0. The van der Waals surface area contributed by atoms with Gasteiger partial charge in [-0.1, -0.05) is 70.6 Å². The van der Waals surface area contributed by atoms with Gasteiger partial charge in [-0.25, -0.2) is 9.59 Å². The Morgan fingerprint density at radius 2 is 1.41 bits per heavy atom. The van der Waals surface area contributed by atoms with Crippen molar-refractivity contribution in [3.63, 3.8) is 0 Å². The first-order chi connectivity index (χ1) is 39.1. The third-order valence-electron chi connectivity index (χ3n) is 20.4. The molecule has 5 aliphatic heterocycles. The molecule has 6 N–H and O–H groups in total. The molecule has 2 bridgehead atoms. The van der Waals surface area contributed by atoms with E-state index in [1.807, 2.05) is 39.8 Å². The minimum absolute atomic E-state index is 0.0355. The van der Waals surface area contributed by atoms with Gasteiger partial charge in [-0.3, -0.25) is 14.8 Å². The highest BCUT2D eigenvalue weighted by atomic mass is 16.8. The van der Waals surface area contributed by atoms with E-state index in [1.165, 1.54) is 14.0 Å². The number of ether oxygens (including phenoxy) is 10. The fraction of sp³-hybridized carbons (Fsp3) is 0.770. The molecule has 27 atom stereocenters. The monoisotopic (exact) mass is 1170 g/mol. The summed E-state index contributed by atoms with van der Waals surface area (Å²) in [5.41, 5.74) is -3.57. The van der Waals surface area contributed by atoms with E-state index in [-0.39, 0.29) is 67.6 Å². The summed E-state index contributed by atoms with van der Waals surface area (Å²) >= 11 is 0. The zero-order valence-corrected chi connectivity index (χ0v) is 50.1. The molecule has 5 heterocycles. The molecule has 1 amide bonds. The molecule has 22 heteroatoms. The summed E-state index contributed by atoms with van der Waals surface area (Å²) in [7, 11) is 1.18. The third-order valence-corrected chi connectivity index (χ3v) is 20.4. The maximum absolute atomic E-state index is 15.5. The second kappa shape index (κ2) is 24.7. The van der Waals surface area contributed by atoms with Crippen molar-refractivity contribution in [1.29, 1.82) is 0 Å². The van der Waals surface area contributed by atoms with Crippen molar-refractivity contribution >= 4 is 24.1 Å². The van der Waals surface area contributed by atoms with Gasteiger partial charge in [0, 0.05) is 61.2 Å². The van der Waals surface area contributed by atoms with Crippen LogP contribution in [0.15, 0.2) is 58.4 Å². The van der Waals surface area contributed by atoms with Crippen LogP contribution in [0.5, 0.6) is 0 Å². The minimum Gasteiger partial charge on any atom is -0.762 e. The molecule has 464 valence electrons. The minimum atomic E-state index is -1.86. The van der Waals surface area contributed by atoms with E-state index in [2.05, 4.69) is 25.2 Å². The molecule has 0 aromatic heterocycles. The van der Waals surface area contributed by atoms with Crippen molar-refractivity contribution in [1.82, 2.24) is 10.5 Å². The van der Waals surface area contributed by atoms with Crippen LogP contribution in [0.4, 0.5) is 4.79 Å². The number of aldehydes is 1. The number of Topliss-reactive ketones (excluding diaryl/α,β-unsaturated/α-hetero) is 1. The molecule has 1 saturated carbocycles. The van der Waals surface area contributed by atoms with Crippen molar-refractivity contribution in [2.75, 3.05) is 7.11 Å². The van der Waals surface area contributed by atoms with Crippen LogP contribution in [-0.2, 0) is 61.8 Å². The summed E-state index contributed by atoms with van der Waals surface area (Å²) in [6.07, 6.45) is -1.60. The summed E-state index contributed by atoms with van der Waals surface area (Å²) in [4.78, 5) is 55.3. The number of hydrogen-bond donors (Lipinski definition) is 6. The lowest BCUT2D eigenvalue weighted by atomic mass is 9.49. The number of esters is 1. The van der Waals surface area contributed by atoms with E-state index in [4.69, 9.17) is 47.4 Å². The van der Waals surface area contributed by atoms with E-state index in [0.717, 1.165) is 11.9 Å². The fourth-order valence-electron chi connectivity index (χ4n) is 15.5. The van der Waals surface area contributed by atoms with Gasteiger partial charge >= 0.3 is 12.1 Å². The first kappa shape index (κ1) is 63.5.